The van der Waals surface area contributed by atoms with Crippen molar-refractivity contribution in [2.24, 2.45) is 5.41 Å². The molecule has 0 spiro atoms. The van der Waals surface area contributed by atoms with Crippen LogP contribution in [-0.2, 0) is 9.53 Å². The minimum atomic E-state index is -0.836. The van der Waals surface area contributed by atoms with Gasteiger partial charge in [0.25, 0.3) is 0 Å². The fraction of sp³-hybridized carbons (Fsp3) is 0.846. The molecule has 0 aromatic carbocycles. The van der Waals surface area contributed by atoms with Gasteiger partial charge in [-0.05, 0) is 40.0 Å². The van der Waals surface area contributed by atoms with E-state index in [0.717, 1.165) is 6.42 Å². The lowest BCUT2D eigenvalue weighted by Crippen LogP contribution is -2.49. The van der Waals surface area contributed by atoms with Crippen LogP contribution in [0.1, 0.15) is 53.4 Å². The Kier molecular flexibility index (Phi) is 4.24. The number of carbonyl (C=O) groups is 2. The number of rotatable bonds is 3. The van der Waals surface area contributed by atoms with E-state index < -0.39 is 23.1 Å². The molecular weight excluding hydrogens is 234 g/mol. The molecule has 0 heterocycles. The Morgan fingerprint density at radius 1 is 1.44 bits per heavy atom. The van der Waals surface area contributed by atoms with Gasteiger partial charge in [-0.1, -0.05) is 13.3 Å². The molecular formula is C13H23NO4. The van der Waals surface area contributed by atoms with Crippen LogP contribution in [0.25, 0.3) is 0 Å². The van der Waals surface area contributed by atoms with Gasteiger partial charge in [-0.2, -0.15) is 0 Å². The van der Waals surface area contributed by atoms with Crippen molar-refractivity contribution < 1.29 is 19.4 Å². The molecule has 1 rings (SSSR count). The van der Waals surface area contributed by atoms with Gasteiger partial charge in [0.05, 0.1) is 5.41 Å². The first-order chi connectivity index (χ1) is 8.21. The number of alkyl carbamates (subject to hydrolysis) is 1. The minimum Gasteiger partial charge on any atom is -0.481 e. The molecule has 0 aliphatic heterocycles. The Labute approximate surface area is 108 Å². The minimum absolute atomic E-state index is 0.338. The molecule has 0 radical (unpaired) electrons. The molecule has 5 nitrogen and oxygen atoms in total. The van der Waals surface area contributed by atoms with Crippen LogP contribution in [0.15, 0.2) is 0 Å². The molecule has 1 aliphatic carbocycles. The molecule has 1 saturated carbocycles. The second kappa shape index (κ2) is 5.16. The average Bonchev–Trinajstić information content (AvgIpc) is 2.58. The zero-order valence-corrected chi connectivity index (χ0v) is 11.6. The van der Waals surface area contributed by atoms with E-state index in [1.165, 1.54) is 0 Å². The standard InChI is InChI=1S/C13H23NO4/c1-5-13(10(15)16)8-6-7-9(13)14-11(17)18-12(2,3)4/h9H,5-8H2,1-4H3,(H,14,17)(H,15,16)/t9-,13-/m1/s1. The predicted molar refractivity (Wildman–Crippen MR) is 67.4 cm³/mol. The van der Waals surface area contributed by atoms with Crippen molar-refractivity contribution in [2.75, 3.05) is 0 Å². The van der Waals surface area contributed by atoms with Gasteiger partial charge >= 0.3 is 12.1 Å². The summed E-state index contributed by atoms with van der Waals surface area (Å²) in [6, 6.07) is -0.338. The first-order valence-corrected chi connectivity index (χ1v) is 6.44. The Morgan fingerprint density at radius 3 is 2.50 bits per heavy atom. The van der Waals surface area contributed by atoms with Crippen molar-refractivity contribution in [1.29, 1.82) is 0 Å². The Bertz CT molecular complexity index is 334. The van der Waals surface area contributed by atoms with Gasteiger partial charge in [0.15, 0.2) is 0 Å². The summed E-state index contributed by atoms with van der Waals surface area (Å²) in [5.41, 5.74) is -1.41. The van der Waals surface area contributed by atoms with E-state index in [1.54, 1.807) is 20.8 Å². The number of ether oxygens (including phenoxy) is 1. The number of carboxylic acids is 1. The predicted octanol–water partition coefficient (Wildman–Crippen LogP) is 2.54. The second-order valence-electron chi connectivity index (χ2n) is 5.91. The Hall–Kier alpha value is -1.26. The molecule has 0 bridgehead atoms. The summed E-state index contributed by atoms with van der Waals surface area (Å²) >= 11 is 0. The SMILES string of the molecule is CC[C@@]1(C(=O)O)CCC[C@H]1NC(=O)OC(C)(C)C. The van der Waals surface area contributed by atoms with Crippen molar-refractivity contribution in [2.45, 2.75) is 65.0 Å². The fourth-order valence-electron chi connectivity index (χ4n) is 2.56. The number of hydrogen-bond donors (Lipinski definition) is 2. The lowest BCUT2D eigenvalue weighted by molar-refractivity contribution is -0.150. The summed E-state index contributed by atoms with van der Waals surface area (Å²) in [7, 11) is 0. The molecule has 0 aromatic rings. The molecule has 18 heavy (non-hydrogen) atoms. The van der Waals surface area contributed by atoms with E-state index in [-0.39, 0.29) is 6.04 Å². The summed E-state index contributed by atoms with van der Waals surface area (Å²) in [5, 5.41) is 12.1. The molecule has 2 atom stereocenters. The van der Waals surface area contributed by atoms with Crippen LogP contribution in [0.5, 0.6) is 0 Å². The van der Waals surface area contributed by atoms with Crippen molar-refractivity contribution in [3.8, 4) is 0 Å². The summed E-state index contributed by atoms with van der Waals surface area (Å²) in [6.45, 7) is 7.20. The molecule has 1 amide bonds. The maximum atomic E-state index is 11.7. The maximum absolute atomic E-state index is 11.7. The first-order valence-electron chi connectivity index (χ1n) is 6.44. The van der Waals surface area contributed by atoms with Crippen LogP contribution >= 0.6 is 0 Å². The summed E-state index contributed by atoms with van der Waals surface area (Å²) in [4.78, 5) is 23.2. The number of amides is 1. The van der Waals surface area contributed by atoms with E-state index >= 15 is 0 Å². The van der Waals surface area contributed by atoms with Crippen LogP contribution in [0.3, 0.4) is 0 Å². The van der Waals surface area contributed by atoms with E-state index in [0.29, 0.717) is 19.3 Å². The van der Waals surface area contributed by atoms with Gasteiger partial charge in [-0.3, -0.25) is 4.79 Å². The number of aliphatic carboxylic acids is 1. The quantitative estimate of drug-likeness (QED) is 0.814. The molecule has 1 aliphatic rings. The molecule has 2 N–H and O–H groups in total. The molecule has 1 fully saturated rings. The normalized spacial score (nSPS) is 27.9. The summed E-state index contributed by atoms with van der Waals surface area (Å²) in [5.74, 6) is -0.830. The van der Waals surface area contributed by atoms with E-state index in [1.807, 2.05) is 6.92 Å². The highest BCUT2D eigenvalue weighted by Gasteiger charge is 2.48. The highest BCUT2D eigenvalue weighted by atomic mass is 16.6. The Balaban J connectivity index is 2.71. The number of nitrogens with one attached hydrogen (secondary N) is 1. The zero-order valence-electron chi connectivity index (χ0n) is 11.6. The fourth-order valence-corrected chi connectivity index (χ4v) is 2.56. The Morgan fingerprint density at radius 2 is 2.06 bits per heavy atom. The molecule has 104 valence electrons. The lowest BCUT2D eigenvalue weighted by atomic mass is 9.80. The zero-order chi connectivity index (χ0) is 14.0. The van der Waals surface area contributed by atoms with Crippen molar-refractivity contribution in [1.82, 2.24) is 5.32 Å². The molecule has 5 heteroatoms. The van der Waals surface area contributed by atoms with Crippen LogP contribution in [0, 0.1) is 5.41 Å². The average molecular weight is 257 g/mol. The third kappa shape index (κ3) is 3.15. The monoisotopic (exact) mass is 257 g/mol. The molecule has 0 aromatic heterocycles. The second-order valence-corrected chi connectivity index (χ2v) is 5.91. The van der Waals surface area contributed by atoms with Crippen molar-refractivity contribution in [3.05, 3.63) is 0 Å². The van der Waals surface area contributed by atoms with Gasteiger partial charge in [0, 0.05) is 6.04 Å². The van der Waals surface area contributed by atoms with Crippen molar-refractivity contribution in [3.63, 3.8) is 0 Å². The largest absolute Gasteiger partial charge is 0.481 e. The lowest BCUT2D eigenvalue weighted by Gasteiger charge is -2.31. The molecule has 0 saturated heterocycles. The van der Waals surface area contributed by atoms with Crippen molar-refractivity contribution >= 4 is 12.1 Å². The van der Waals surface area contributed by atoms with Crippen LogP contribution < -0.4 is 5.32 Å². The van der Waals surface area contributed by atoms with Gasteiger partial charge < -0.3 is 15.2 Å². The van der Waals surface area contributed by atoms with E-state index in [4.69, 9.17) is 4.74 Å². The molecule has 0 unspecified atom stereocenters. The highest BCUT2D eigenvalue weighted by Crippen LogP contribution is 2.41. The van der Waals surface area contributed by atoms with Gasteiger partial charge in [0.2, 0.25) is 0 Å². The van der Waals surface area contributed by atoms with Gasteiger partial charge in [-0.15, -0.1) is 0 Å². The van der Waals surface area contributed by atoms with E-state index in [2.05, 4.69) is 5.32 Å². The smallest absolute Gasteiger partial charge is 0.407 e. The van der Waals surface area contributed by atoms with Crippen LogP contribution in [0.2, 0.25) is 0 Å². The third-order valence-corrected chi connectivity index (χ3v) is 3.53. The highest BCUT2D eigenvalue weighted by molar-refractivity contribution is 5.78. The van der Waals surface area contributed by atoms with Gasteiger partial charge in [-0.25, -0.2) is 4.79 Å². The maximum Gasteiger partial charge on any atom is 0.407 e. The third-order valence-electron chi connectivity index (χ3n) is 3.53. The van der Waals surface area contributed by atoms with Gasteiger partial charge in [0.1, 0.15) is 5.60 Å². The number of hydrogen-bond acceptors (Lipinski definition) is 3. The number of carboxylic acid groups (broad SMARTS) is 1. The summed E-state index contributed by atoms with van der Waals surface area (Å²) < 4.78 is 5.17. The number of carbonyl (C=O) groups excluding carboxylic acids is 1. The van der Waals surface area contributed by atoms with E-state index in [9.17, 15) is 14.7 Å². The topological polar surface area (TPSA) is 75.6 Å². The van der Waals surface area contributed by atoms with Crippen LogP contribution in [0.4, 0.5) is 4.79 Å². The van der Waals surface area contributed by atoms with Crippen LogP contribution in [-0.4, -0.2) is 28.8 Å². The summed E-state index contributed by atoms with van der Waals surface area (Å²) in [6.07, 6.45) is 2.11. The first kappa shape index (κ1) is 14.8.